The molecule has 1 aliphatic rings. The summed E-state index contributed by atoms with van der Waals surface area (Å²) in [5, 5.41) is 5.65. The topological polar surface area (TPSA) is 93.7 Å². The highest BCUT2D eigenvalue weighted by Gasteiger charge is 2.45. The molecule has 0 bridgehead atoms. The van der Waals surface area contributed by atoms with Crippen LogP contribution in [0.25, 0.3) is 0 Å². The Labute approximate surface area is 245 Å². The molecule has 1 aliphatic heterocycles. The number of carbonyl (C=O) groups is 3. The summed E-state index contributed by atoms with van der Waals surface area (Å²) in [6.07, 6.45) is 22.4. The van der Waals surface area contributed by atoms with Crippen LogP contribution in [0.4, 0.5) is 0 Å². The smallest absolute Gasteiger partial charge is 0.249 e. The summed E-state index contributed by atoms with van der Waals surface area (Å²) < 4.78 is 11.5. The average molecular weight is 565 g/mol. The van der Waals surface area contributed by atoms with Crippen molar-refractivity contribution in [1.29, 1.82) is 0 Å². The maximum absolute atomic E-state index is 12.6. The molecule has 0 spiro atoms. The number of nitrogens with one attached hydrogen (secondary N) is 2. The van der Waals surface area contributed by atoms with E-state index in [1.54, 1.807) is 13.8 Å². The van der Waals surface area contributed by atoms with Crippen molar-refractivity contribution in [2.45, 2.75) is 156 Å². The number of carbonyl (C=O) groups excluding carboxylic acids is 3. The van der Waals surface area contributed by atoms with Crippen molar-refractivity contribution in [2.75, 3.05) is 19.7 Å². The average Bonchev–Trinajstić information content (AvgIpc) is 2.90. The van der Waals surface area contributed by atoms with Gasteiger partial charge in [0.2, 0.25) is 11.8 Å². The zero-order valence-electron chi connectivity index (χ0n) is 26.4. The highest BCUT2D eigenvalue weighted by Crippen LogP contribution is 2.34. The molecular weight excluding hydrogens is 504 g/mol. The summed E-state index contributed by atoms with van der Waals surface area (Å²) in [6.45, 7) is 10.9. The maximum atomic E-state index is 12.6. The molecule has 0 radical (unpaired) electrons. The van der Waals surface area contributed by atoms with Crippen molar-refractivity contribution in [3.63, 3.8) is 0 Å². The summed E-state index contributed by atoms with van der Waals surface area (Å²) in [5.74, 6) is -0.884. The van der Waals surface area contributed by atoms with Crippen LogP contribution < -0.4 is 10.6 Å². The van der Waals surface area contributed by atoms with E-state index in [4.69, 9.17) is 9.47 Å². The lowest BCUT2D eigenvalue weighted by atomic mass is 9.85. The number of allylic oxidation sites excluding steroid dienone is 2. The monoisotopic (exact) mass is 564 g/mol. The van der Waals surface area contributed by atoms with Crippen LogP contribution in [0.2, 0.25) is 0 Å². The molecule has 7 nitrogen and oxygen atoms in total. The Bertz CT molecular complexity index is 747. The van der Waals surface area contributed by atoms with E-state index < -0.39 is 17.3 Å². The van der Waals surface area contributed by atoms with Gasteiger partial charge in [0, 0.05) is 37.8 Å². The Morgan fingerprint density at radius 3 is 1.95 bits per heavy atom. The molecule has 0 saturated carbocycles. The zero-order chi connectivity index (χ0) is 29.7. The first-order valence-corrected chi connectivity index (χ1v) is 16.1. The minimum Gasteiger partial charge on any atom is -0.356 e. The van der Waals surface area contributed by atoms with Crippen LogP contribution in [0, 0.1) is 5.41 Å². The van der Waals surface area contributed by atoms with E-state index in [9.17, 15) is 14.4 Å². The molecule has 1 heterocycles. The molecule has 7 heteroatoms. The Balaban J connectivity index is 1.95. The van der Waals surface area contributed by atoms with Gasteiger partial charge in [0.05, 0.1) is 6.61 Å². The fraction of sp³-hybridized carbons (Fsp3) is 0.848. The quantitative estimate of drug-likeness (QED) is 0.101. The van der Waals surface area contributed by atoms with Crippen LogP contribution in [0.3, 0.4) is 0 Å². The van der Waals surface area contributed by atoms with Gasteiger partial charge in [-0.1, -0.05) is 84.3 Å². The molecule has 2 amide bonds. The number of hydrogen-bond donors (Lipinski definition) is 2. The zero-order valence-corrected chi connectivity index (χ0v) is 26.4. The summed E-state index contributed by atoms with van der Waals surface area (Å²) in [5.41, 5.74) is -0.446. The molecule has 1 rings (SSSR count). The van der Waals surface area contributed by atoms with Gasteiger partial charge in [-0.2, -0.15) is 0 Å². The predicted molar refractivity (Wildman–Crippen MR) is 163 cm³/mol. The first-order valence-electron chi connectivity index (χ1n) is 16.1. The van der Waals surface area contributed by atoms with Gasteiger partial charge in [-0.05, 0) is 52.4 Å². The van der Waals surface area contributed by atoms with Crippen LogP contribution >= 0.6 is 0 Å². The van der Waals surface area contributed by atoms with E-state index in [0.29, 0.717) is 32.4 Å². The minimum atomic E-state index is -0.809. The van der Waals surface area contributed by atoms with Crippen molar-refractivity contribution in [2.24, 2.45) is 5.41 Å². The Morgan fingerprint density at radius 2 is 1.30 bits per heavy atom. The lowest BCUT2D eigenvalue weighted by Gasteiger charge is -2.44. The maximum Gasteiger partial charge on any atom is 0.249 e. The fourth-order valence-electron chi connectivity index (χ4n) is 4.83. The fourth-order valence-corrected chi connectivity index (χ4v) is 4.83. The van der Waals surface area contributed by atoms with Gasteiger partial charge in [-0.15, -0.1) is 0 Å². The summed E-state index contributed by atoms with van der Waals surface area (Å²) in [6, 6.07) is 0. The van der Waals surface area contributed by atoms with Gasteiger partial charge in [-0.3, -0.25) is 14.4 Å². The summed E-state index contributed by atoms with van der Waals surface area (Å²) in [7, 11) is 0. The number of Topliss-reactive ketones (excluding diaryl/α,β-unsaturated/α-hetero) is 1. The van der Waals surface area contributed by atoms with E-state index in [1.807, 2.05) is 13.8 Å². The number of unbranched alkanes of at least 4 members (excludes halogenated alkanes) is 11. The second kappa shape index (κ2) is 21.0. The van der Waals surface area contributed by atoms with Crippen molar-refractivity contribution in [1.82, 2.24) is 10.6 Å². The Kier molecular flexibility index (Phi) is 19.1. The molecule has 1 saturated heterocycles. The largest absolute Gasteiger partial charge is 0.356 e. The van der Waals surface area contributed by atoms with Crippen molar-refractivity contribution >= 4 is 17.6 Å². The van der Waals surface area contributed by atoms with Gasteiger partial charge < -0.3 is 20.1 Å². The van der Waals surface area contributed by atoms with E-state index >= 15 is 0 Å². The Hall–Kier alpha value is -1.73. The summed E-state index contributed by atoms with van der Waals surface area (Å²) in [4.78, 5) is 36.8. The predicted octanol–water partition coefficient (Wildman–Crippen LogP) is 7.17. The third-order valence-corrected chi connectivity index (χ3v) is 7.46. The number of ether oxygens (including phenoxy) is 2. The van der Waals surface area contributed by atoms with Gasteiger partial charge >= 0.3 is 0 Å². The van der Waals surface area contributed by atoms with Crippen LogP contribution in [0.15, 0.2) is 12.2 Å². The van der Waals surface area contributed by atoms with E-state index in [-0.39, 0.29) is 30.6 Å². The van der Waals surface area contributed by atoms with Crippen LogP contribution in [0.5, 0.6) is 0 Å². The molecule has 40 heavy (non-hydrogen) atoms. The third-order valence-electron chi connectivity index (χ3n) is 7.46. The highest BCUT2D eigenvalue weighted by atomic mass is 16.7. The molecule has 2 N–H and O–H groups in total. The molecule has 1 atom stereocenters. The standard InChI is InChI=1S/C33H60N2O5/c1-6-7-8-9-10-11-12-13-14-15-16-17-18-19-20-22-28(36)23-21-25-34-29(37)24-26-35-31(38)30-32(2,3)27-39-33(4,5)40-30/h13-14,30H,6-12,15-27H2,1-5H3,(H,34,37)(H,35,38)/b14-13-. The van der Waals surface area contributed by atoms with Crippen LogP contribution in [-0.2, 0) is 23.9 Å². The van der Waals surface area contributed by atoms with Gasteiger partial charge in [0.25, 0.3) is 0 Å². The molecular formula is C33H60N2O5. The number of amides is 2. The number of rotatable bonds is 23. The van der Waals surface area contributed by atoms with E-state index in [1.165, 1.54) is 70.6 Å². The van der Waals surface area contributed by atoms with Crippen LogP contribution in [0.1, 0.15) is 144 Å². The van der Waals surface area contributed by atoms with Gasteiger partial charge in [0.15, 0.2) is 5.79 Å². The third kappa shape index (κ3) is 17.9. The molecule has 0 aliphatic carbocycles. The van der Waals surface area contributed by atoms with Crippen molar-refractivity contribution < 1.29 is 23.9 Å². The second-order valence-corrected chi connectivity index (χ2v) is 12.5. The number of ketones is 1. The minimum absolute atomic E-state index is 0.127. The van der Waals surface area contributed by atoms with Gasteiger partial charge in [-0.25, -0.2) is 0 Å². The molecule has 0 aromatic rings. The first-order chi connectivity index (χ1) is 19.1. The van der Waals surface area contributed by atoms with E-state index in [0.717, 1.165) is 12.8 Å². The molecule has 1 unspecified atom stereocenters. The van der Waals surface area contributed by atoms with Gasteiger partial charge in [0.1, 0.15) is 11.9 Å². The van der Waals surface area contributed by atoms with E-state index in [2.05, 4.69) is 29.7 Å². The summed E-state index contributed by atoms with van der Waals surface area (Å²) >= 11 is 0. The first kappa shape index (κ1) is 36.3. The highest BCUT2D eigenvalue weighted by molar-refractivity contribution is 5.83. The molecule has 1 fully saturated rings. The second-order valence-electron chi connectivity index (χ2n) is 12.5. The molecule has 232 valence electrons. The molecule has 0 aromatic carbocycles. The van der Waals surface area contributed by atoms with Crippen molar-refractivity contribution in [3.05, 3.63) is 12.2 Å². The lowest BCUT2D eigenvalue weighted by molar-refractivity contribution is -0.304. The Morgan fingerprint density at radius 1 is 0.725 bits per heavy atom. The normalized spacial score (nSPS) is 18.1. The lowest BCUT2D eigenvalue weighted by Crippen LogP contribution is -2.56. The van der Waals surface area contributed by atoms with Crippen molar-refractivity contribution in [3.8, 4) is 0 Å². The molecule has 0 aromatic heterocycles. The van der Waals surface area contributed by atoms with Crippen LogP contribution in [-0.4, -0.2) is 49.2 Å². The number of hydrogen-bond acceptors (Lipinski definition) is 5. The SMILES string of the molecule is CCCCCCCC/C=C\CCCCCCCC(=O)CCCNC(=O)CCNC(=O)C1OC(C)(C)OCC1(C)C.